The van der Waals surface area contributed by atoms with E-state index in [0.29, 0.717) is 12.0 Å². The van der Waals surface area contributed by atoms with E-state index < -0.39 is 0 Å². The van der Waals surface area contributed by atoms with E-state index in [1.807, 2.05) is 49.2 Å². The van der Waals surface area contributed by atoms with E-state index in [9.17, 15) is 0 Å². The molecule has 0 radical (unpaired) electrons. The molecule has 1 heterocycles. The molecule has 1 saturated heterocycles. The molecule has 0 bridgehead atoms. The van der Waals surface area contributed by atoms with Crippen LogP contribution in [0.5, 0.6) is 5.75 Å². The summed E-state index contributed by atoms with van der Waals surface area (Å²) in [5.41, 5.74) is 0. The maximum Gasteiger partial charge on any atom is 0.167 e. The average molecular weight is 379 g/mol. The van der Waals surface area contributed by atoms with Gasteiger partial charge in [-0.3, -0.25) is 0 Å². The van der Waals surface area contributed by atoms with Gasteiger partial charge in [-0.2, -0.15) is 0 Å². The number of para-hydroxylation sites is 1. The van der Waals surface area contributed by atoms with Crippen molar-refractivity contribution in [3.05, 3.63) is 30.3 Å². The summed E-state index contributed by atoms with van der Waals surface area (Å²) in [6.45, 7) is 14.0. The third-order valence-corrected chi connectivity index (χ3v) is 5.31. The molecule has 0 amide bonds. The number of rotatable bonds is 11. The van der Waals surface area contributed by atoms with Crippen LogP contribution in [-0.2, 0) is 4.99 Å². The summed E-state index contributed by atoms with van der Waals surface area (Å²) >= 11 is 0. The summed E-state index contributed by atoms with van der Waals surface area (Å²) in [5, 5.41) is 5.67. The second-order valence-electron chi connectivity index (χ2n) is 7.52. The highest BCUT2D eigenvalue weighted by molar-refractivity contribution is 5.20. The Kier molecular flexibility index (Phi) is 13.2. The van der Waals surface area contributed by atoms with Crippen molar-refractivity contribution in [2.24, 2.45) is 11.8 Å². The summed E-state index contributed by atoms with van der Waals surface area (Å²) in [6.07, 6.45) is 7.64. The van der Waals surface area contributed by atoms with Crippen molar-refractivity contribution in [3.8, 4) is 5.75 Å². The van der Waals surface area contributed by atoms with E-state index in [-0.39, 0.29) is 0 Å². The topological polar surface area (TPSA) is 33.7 Å². The SMILES string of the molecule is CC.CCCCCC(C)NCC(C)C1CCN(OOc2ccccc2)CC1. The molecule has 1 N–H and O–H groups in total. The first-order valence-corrected chi connectivity index (χ1v) is 11.1. The smallest absolute Gasteiger partial charge is 0.167 e. The van der Waals surface area contributed by atoms with Crippen molar-refractivity contribution < 1.29 is 9.88 Å². The zero-order chi connectivity index (χ0) is 19.9. The van der Waals surface area contributed by atoms with Crippen molar-refractivity contribution >= 4 is 0 Å². The number of nitrogens with one attached hydrogen (secondary N) is 1. The van der Waals surface area contributed by atoms with Gasteiger partial charge >= 0.3 is 0 Å². The van der Waals surface area contributed by atoms with Gasteiger partial charge in [0.1, 0.15) is 0 Å². The van der Waals surface area contributed by atoms with Crippen LogP contribution < -0.4 is 10.2 Å². The van der Waals surface area contributed by atoms with Crippen molar-refractivity contribution in [2.45, 2.75) is 79.2 Å². The van der Waals surface area contributed by atoms with E-state index in [2.05, 4.69) is 26.1 Å². The summed E-state index contributed by atoms with van der Waals surface area (Å²) in [5.74, 6) is 2.23. The van der Waals surface area contributed by atoms with Crippen LogP contribution in [0.2, 0.25) is 0 Å². The Morgan fingerprint density at radius 2 is 1.74 bits per heavy atom. The van der Waals surface area contributed by atoms with E-state index in [0.717, 1.165) is 31.3 Å². The average Bonchev–Trinajstić information content (AvgIpc) is 2.73. The van der Waals surface area contributed by atoms with Crippen LogP contribution in [0.15, 0.2) is 30.3 Å². The third-order valence-electron chi connectivity index (χ3n) is 5.31. The quantitative estimate of drug-likeness (QED) is 0.298. The maximum atomic E-state index is 5.47. The molecule has 2 rings (SSSR count). The molecule has 2 unspecified atom stereocenters. The van der Waals surface area contributed by atoms with Crippen LogP contribution in [-0.4, -0.2) is 30.7 Å². The number of benzene rings is 1. The lowest BCUT2D eigenvalue weighted by Gasteiger charge is -2.33. The zero-order valence-corrected chi connectivity index (χ0v) is 18.2. The number of hydrogen-bond donors (Lipinski definition) is 1. The fourth-order valence-electron chi connectivity index (χ4n) is 3.45. The third kappa shape index (κ3) is 10.1. The minimum Gasteiger partial charge on any atom is -0.319 e. The Balaban J connectivity index is 0.00000176. The van der Waals surface area contributed by atoms with Gasteiger partial charge in [0.05, 0.1) is 0 Å². The first-order valence-electron chi connectivity index (χ1n) is 11.1. The number of piperidine rings is 1. The fraction of sp³-hybridized carbons (Fsp3) is 0.739. The lowest BCUT2D eigenvalue weighted by molar-refractivity contribution is -0.374. The molecular formula is C23H42N2O2. The molecule has 0 aliphatic carbocycles. The van der Waals surface area contributed by atoms with Crippen LogP contribution in [0.25, 0.3) is 0 Å². The number of unbranched alkanes of at least 4 members (excludes halogenated alkanes) is 2. The van der Waals surface area contributed by atoms with Gasteiger partial charge in [-0.25, -0.2) is 0 Å². The highest BCUT2D eigenvalue weighted by atomic mass is 17.3. The van der Waals surface area contributed by atoms with Crippen molar-refractivity contribution in [2.75, 3.05) is 19.6 Å². The number of hydrogen-bond acceptors (Lipinski definition) is 4. The minimum atomic E-state index is 0.636. The maximum absolute atomic E-state index is 5.47. The van der Waals surface area contributed by atoms with Gasteiger partial charge in [-0.05, 0) is 56.7 Å². The Morgan fingerprint density at radius 1 is 1.07 bits per heavy atom. The van der Waals surface area contributed by atoms with Gasteiger partial charge in [0, 0.05) is 19.1 Å². The van der Waals surface area contributed by atoms with Gasteiger partial charge in [-0.1, -0.05) is 70.1 Å². The van der Waals surface area contributed by atoms with E-state index >= 15 is 0 Å². The molecule has 4 nitrogen and oxygen atoms in total. The first-order chi connectivity index (χ1) is 13.2. The predicted octanol–water partition coefficient (Wildman–Crippen LogP) is 5.84. The molecule has 1 aliphatic rings. The van der Waals surface area contributed by atoms with E-state index in [4.69, 9.17) is 9.88 Å². The van der Waals surface area contributed by atoms with Crippen molar-refractivity contribution in [1.82, 2.24) is 10.4 Å². The van der Waals surface area contributed by atoms with E-state index in [1.165, 1.54) is 38.5 Å². The molecule has 0 aromatic heterocycles. The fourth-order valence-corrected chi connectivity index (χ4v) is 3.45. The number of nitrogens with zero attached hydrogens (tertiary/aromatic N) is 1. The minimum absolute atomic E-state index is 0.636. The van der Waals surface area contributed by atoms with Crippen molar-refractivity contribution in [3.63, 3.8) is 0 Å². The Labute approximate surface area is 167 Å². The molecule has 1 aromatic rings. The number of hydroxylamine groups is 2. The van der Waals surface area contributed by atoms with Crippen molar-refractivity contribution in [1.29, 1.82) is 0 Å². The molecule has 0 saturated carbocycles. The van der Waals surface area contributed by atoms with Crippen LogP contribution in [0.4, 0.5) is 0 Å². The Bertz CT molecular complexity index is 447. The van der Waals surface area contributed by atoms with Crippen LogP contribution in [0.1, 0.15) is 73.1 Å². The molecule has 4 heteroatoms. The highest BCUT2D eigenvalue weighted by Gasteiger charge is 2.25. The monoisotopic (exact) mass is 378 g/mol. The summed E-state index contributed by atoms with van der Waals surface area (Å²) in [6, 6.07) is 10.3. The second kappa shape index (κ2) is 14.9. The lowest BCUT2D eigenvalue weighted by Crippen LogP contribution is -2.39. The van der Waals surface area contributed by atoms with Gasteiger partial charge in [0.25, 0.3) is 0 Å². The standard InChI is InChI=1S/C21H36N2O2.C2H6/c1-4-5-7-10-19(3)22-17-18(2)20-13-15-23(16-14-20)25-24-21-11-8-6-9-12-21;1-2/h6,8-9,11-12,18-20,22H,4-5,7,10,13-17H2,1-3H3;1-2H3. The highest BCUT2D eigenvalue weighted by Crippen LogP contribution is 2.25. The molecule has 27 heavy (non-hydrogen) atoms. The summed E-state index contributed by atoms with van der Waals surface area (Å²) < 4.78 is 0. The second-order valence-corrected chi connectivity index (χ2v) is 7.52. The molecule has 1 aliphatic heterocycles. The molecule has 2 atom stereocenters. The predicted molar refractivity (Wildman–Crippen MR) is 115 cm³/mol. The molecule has 0 spiro atoms. The van der Waals surface area contributed by atoms with E-state index in [1.54, 1.807) is 0 Å². The zero-order valence-electron chi connectivity index (χ0n) is 18.2. The molecule has 156 valence electrons. The van der Waals surface area contributed by atoms with Crippen LogP contribution in [0, 0.1) is 11.8 Å². The Hall–Kier alpha value is -1.10. The molecular weight excluding hydrogens is 336 g/mol. The molecule has 1 fully saturated rings. The van der Waals surface area contributed by atoms with Gasteiger partial charge in [0.2, 0.25) is 0 Å². The summed E-state index contributed by atoms with van der Waals surface area (Å²) in [4.78, 5) is 10.8. The first kappa shape index (κ1) is 23.9. The van der Waals surface area contributed by atoms with Gasteiger partial charge in [-0.15, -0.1) is 5.06 Å². The lowest BCUT2D eigenvalue weighted by atomic mass is 9.86. The summed E-state index contributed by atoms with van der Waals surface area (Å²) in [7, 11) is 0. The Morgan fingerprint density at radius 3 is 2.37 bits per heavy atom. The van der Waals surface area contributed by atoms with Crippen LogP contribution in [0.3, 0.4) is 0 Å². The van der Waals surface area contributed by atoms with Gasteiger partial charge < -0.3 is 10.2 Å². The largest absolute Gasteiger partial charge is 0.319 e. The van der Waals surface area contributed by atoms with Crippen LogP contribution >= 0.6 is 0 Å². The molecule has 1 aromatic carbocycles. The normalized spacial score (nSPS) is 17.7. The van der Waals surface area contributed by atoms with Gasteiger partial charge in [0.15, 0.2) is 5.75 Å².